The summed E-state index contributed by atoms with van der Waals surface area (Å²) in [6.45, 7) is 0.593. The molecular formula is C16H15ClIN5O3. The highest BCUT2D eigenvalue weighted by molar-refractivity contribution is 14.1. The average Bonchev–Trinajstić information content (AvgIpc) is 3.17. The Morgan fingerprint density at radius 2 is 2.19 bits per heavy atom. The van der Waals surface area contributed by atoms with Crippen LogP contribution in [-0.4, -0.2) is 48.5 Å². The lowest BCUT2D eigenvalue weighted by atomic mass is 10.2. The minimum atomic E-state index is -1.07. The number of ether oxygens (including phenoxy) is 1. The first-order chi connectivity index (χ1) is 12.5. The molecular weight excluding hydrogens is 473 g/mol. The lowest BCUT2D eigenvalue weighted by Gasteiger charge is -2.16. The molecule has 26 heavy (non-hydrogen) atoms. The van der Waals surface area contributed by atoms with E-state index in [0.717, 1.165) is 9.13 Å². The second-order valence-electron chi connectivity index (χ2n) is 5.93. The summed E-state index contributed by atoms with van der Waals surface area (Å²) in [7, 11) is 0. The number of aromatic nitrogens is 4. The third kappa shape index (κ3) is 3.37. The fourth-order valence-corrected chi connectivity index (χ4v) is 3.63. The summed E-state index contributed by atoms with van der Waals surface area (Å²) >= 11 is 8.33. The zero-order chi connectivity index (χ0) is 18.3. The van der Waals surface area contributed by atoms with E-state index < -0.39 is 18.4 Å². The quantitative estimate of drug-likeness (QED) is 0.382. The third-order valence-corrected chi connectivity index (χ3v) is 4.98. The molecule has 1 fully saturated rings. The smallest absolute Gasteiger partial charge is 0.226 e. The first kappa shape index (κ1) is 17.9. The second-order valence-corrected chi connectivity index (χ2v) is 7.51. The van der Waals surface area contributed by atoms with Crippen LogP contribution in [0.25, 0.3) is 11.2 Å². The summed E-state index contributed by atoms with van der Waals surface area (Å²) in [6, 6.07) is 8.08. The summed E-state index contributed by atoms with van der Waals surface area (Å²) in [4.78, 5) is 12.8. The van der Waals surface area contributed by atoms with Crippen LogP contribution in [0.4, 0.5) is 5.82 Å². The second kappa shape index (κ2) is 7.24. The predicted molar refractivity (Wildman–Crippen MR) is 104 cm³/mol. The number of fused-ring (bicyclic) bond motifs is 1. The van der Waals surface area contributed by atoms with E-state index in [-0.39, 0.29) is 11.9 Å². The van der Waals surface area contributed by atoms with Crippen molar-refractivity contribution in [1.82, 2.24) is 19.5 Å². The summed E-state index contributed by atoms with van der Waals surface area (Å²) in [5.74, 6) is 0.491. The highest BCUT2D eigenvalue weighted by Gasteiger charge is 2.37. The molecule has 3 aromatic rings. The standard InChI is InChI=1S/C16H15ClIN5O3/c17-16-21-13(19-5-8-2-1-3-9(18)4-8)11-14(22-16)23(7-20-11)15-12(25)10(24)6-26-15/h1-4,7,10,12,15,24-25H,5-6H2,(H,19,21,22)/t10-,12-,15+/m0/s1. The minimum absolute atomic E-state index is 0.0437. The van der Waals surface area contributed by atoms with Gasteiger partial charge in [-0.3, -0.25) is 4.57 Å². The summed E-state index contributed by atoms with van der Waals surface area (Å²) in [6.07, 6.45) is -1.29. The van der Waals surface area contributed by atoms with Gasteiger partial charge in [0, 0.05) is 10.1 Å². The Morgan fingerprint density at radius 1 is 1.35 bits per heavy atom. The van der Waals surface area contributed by atoms with Gasteiger partial charge in [-0.05, 0) is 51.9 Å². The molecule has 8 nitrogen and oxygen atoms in total. The van der Waals surface area contributed by atoms with Gasteiger partial charge in [-0.25, -0.2) is 4.98 Å². The van der Waals surface area contributed by atoms with Crippen molar-refractivity contribution in [2.45, 2.75) is 25.0 Å². The maximum atomic E-state index is 10.1. The Labute approximate surface area is 167 Å². The number of nitrogens with one attached hydrogen (secondary N) is 1. The fourth-order valence-electron chi connectivity index (χ4n) is 2.86. The Bertz CT molecular complexity index is 953. The largest absolute Gasteiger partial charge is 0.388 e. The van der Waals surface area contributed by atoms with E-state index in [9.17, 15) is 10.2 Å². The van der Waals surface area contributed by atoms with Crippen LogP contribution in [0, 0.1) is 3.57 Å². The van der Waals surface area contributed by atoms with E-state index in [2.05, 4.69) is 48.9 Å². The van der Waals surface area contributed by atoms with Gasteiger partial charge in [0.2, 0.25) is 5.28 Å². The lowest BCUT2D eigenvalue weighted by molar-refractivity contribution is -0.0162. The number of imidazole rings is 1. The summed E-state index contributed by atoms with van der Waals surface area (Å²) < 4.78 is 8.15. The van der Waals surface area contributed by atoms with E-state index in [0.29, 0.717) is 23.5 Å². The molecule has 0 spiro atoms. The van der Waals surface area contributed by atoms with Crippen molar-refractivity contribution in [3.63, 3.8) is 0 Å². The number of benzene rings is 1. The number of hydrogen-bond acceptors (Lipinski definition) is 7. The summed E-state index contributed by atoms with van der Waals surface area (Å²) in [5, 5.41) is 23.1. The molecule has 1 saturated heterocycles. The molecule has 3 atom stereocenters. The van der Waals surface area contributed by atoms with Gasteiger partial charge < -0.3 is 20.3 Å². The highest BCUT2D eigenvalue weighted by atomic mass is 127. The highest BCUT2D eigenvalue weighted by Crippen LogP contribution is 2.29. The van der Waals surface area contributed by atoms with Gasteiger partial charge in [0.15, 0.2) is 23.2 Å². The molecule has 2 aromatic heterocycles. The van der Waals surface area contributed by atoms with Crippen molar-refractivity contribution in [3.8, 4) is 0 Å². The number of halogens is 2. The van der Waals surface area contributed by atoms with Crippen LogP contribution in [0.2, 0.25) is 5.28 Å². The van der Waals surface area contributed by atoms with Crippen LogP contribution in [0.5, 0.6) is 0 Å². The van der Waals surface area contributed by atoms with Crippen LogP contribution >= 0.6 is 34.2 Å². The number of anilines is 1. The Morgan fingerprint density at radius 3 is 2.92 bits per heavy atom. The molecule has 4 rings (SSSR count). The van der Waals surface area contributed by atoms with Gasteiger partial charge >= 0.3 is 0 Å². The van der Waals surface area contributed by atoms with Crippen LogP contribution in [0.1, 0.15) is 11.8 Å². The molecule has 0 bridgehead atoms. The van der Waals surface area contributed by atoms with Gasteiger partial charge in [-0.2, -0.15) is 9.97 Å². The third-order valence-electron chi connectivity index (χ3n) is 4.14. The molecule has 0 saturated carbocycles. The predicted octanol–water partition coefficient (Wildman–Crippen LogP) is 1.95. The van der Waals surface area contributed by atoms with Gasteiger partial charge in [-0.15, -0.1) is 0 Å². The zero-order valence-corrected chi connectivity index (χ0v) is 16.3. The fraction of sp³-hybridized carbons (Fsp3) is 0.312. The van der Waals surface area contributed by atoms with Gasteiger partial charge in [0.25, 0.3) is 0 Å². The molecule has 3 N–H and O–H groups in total. The Hall–Kier alpha value is -1.53. The van der Waals surface area contributed by atoms with Gasteiger partial charge in [-0.1, -0.05) is 12.1 Å². The van der Waals surface area contributed by atoms with E-state index in [1.807, 2.05) is 18.2 Å². The van der Waals surface area contributed by atoms with Crippen LogP contribution < -0.4 is 5.32 Å². The maximum Gasteiger partial charge on any atom is 0.226 e. The molecule has 3 heterocycles. The summed E-state index contributed by atoms with van der Waals surface area (Å²) in [5.41, 5.74) is 2.03. The van der Waals surface area contributed by atoms with Crippen LogP contribution in [0.15, 0.2) is 30.6 Å². The molecule has 0 aliphatic carbocycles. The Balaban J connectivity index is 1.66. The molecule has 0 amide bonds. The first-order valence-corrected chi connectivity index (χ1v) is 9.35. The van der Waals surface area contributed by atoms with E-state index in [1.54, 1.807) is 4.57 Å². The van der Waals surface area contributed by atoms with Crippen LogP contribution in [0.3, 0.4) is 0 Å². The topological polar surface area (TPSA) is 105 Å². The van der Waals surface area contributed by atoms with Crippen molar-refractivity contribution in [2.75, 3.05) is 11.9 Å². The molecule has 1 aliphatic rings. The Kier molecular flexibility index (Phi) is 4.97. The SMILES string of the molecule is O[C@@H]1[C@H](n2cnc3c(NCc4cccc(I)c4)nc(Cl)nc32)OC[C@@H]1O. The first-order valence-electron chi connectivity index (χ1n) is 7.89. The number of aliphatic hydroxyl groups excluding tert-OH is 2. The molecule has 1 aromatic carbocycles. The number of hydrogen-bond donors (Lipinski definition) is 3. The molecule has 1 aliphatic heterocycles. The number of nitrogens with zero attached hydrogens (tertiary/aromatic N) is 4. The zero-order valence-electron chi connectivity index (χ0n) is 13.4. The van der Waals surface area contributed by atoms with E-state index >= 15 is 0 Å². The van der Waals surface area contributed by atoms with Crippen molar-refractivity contribution in [2.24, 2.45) is 0 Å². The molecule has 0 unspecified atom stereocenters. The van der Waals surface area contributed by atoms with Crippen molar-refractivity contribution in [3.05, 3.63) is 45.0 Å². The molecule has 0 radical (unpaired) electrons. The van der Waals surface area contributed by atoms with Gasteiger partial charge in [0.1, 0.15) is 12.2 Å². The van der Waals surface area contributed by atoms with Gasteiger partial charge in [0.05, 0.1) is 12.9 Å². The van der Waals surface area contributed by atoms with Crippen molar-refractivity contribution in [1.29, 1.82) is 0 Å². The lowest BCUT2D eigenvalue weighted by Crippen LogP contribution is -2.28. The number of aliphatic hydroxyl groups is 2. The minimum Gasteiger partial charge on any atom is -0.388 e. The maximum absolute atomic E-state index is 10.1. The van der Waals surface area contributed by atoms with Crippen LogP contribution in [-0.2, 0) is 11.3 Å². The average molecular weight is 488 g/mol. The van der Waals surface area contributed by atoms with Crippen molar-refractivity contribution < 1.29 is 14.9 Å². The normalized spacial score (nSPS) is 22.8. The monoisotopic (exact) mass is 487 g/mol. The molecule has 136 valence electrons. The molecule has 10 heteroatoms. The van der Waals surface area contributed by atoms with E-state index in [4.69, 9.17) is 16.3 Å². The van der Waals surface area contributed by atoms with E-state index in [1.165, 1.54) is 6.33 Å². The number of rotatable bonds is 4. The van der Waals surface area contributed by atoms with Crippen molar-refractivity contribution >= 4 is 51.2 Å².